The van der Waals surface area contributed by atoms with Gasteiger partial charge in [-0.25, -0.2) is 0 Å². The molecule has 1 heterocycles. The van der Waals surface area contributed by atoms with E-state index in [-0.39, 0.29) is 12.4 Å². The fraction of sp³-hybridized carbons (Fsp3) is 0.455. The van der Waals surface area contributed by atoms with Crippen LogP contribution in [0.15, 0.2) is 28.7 Å². The molecule has 1 unspecified atom stereocenters. The van der Waals surface area contributed by atoms with E-state index in [9.17, 15) is 0 Å². The molecule has 84 valence electrons. The van der Waals surface area contributed by atoms with Gasteiger partial charge in [-0.3, -0.25) is 0 Å². The predicted molar refractivity (Wildman–Crippen MR) is 67.9 cm³/mol. The first kappa shape index (κ1) is 12.8. The monoisotopic (exact) mass is 291 g/mol. The van der Waals surface area contributed by atoms with E-state index in [1.807, 2.05) is 24.3 Å². The first-order valence-electron chi connectivity index (χ1n) is 4.94. The zero-order valence-electron chi connectivity index (χ0n) is 8.41. The molecule has 15 heavy (non-hydrogen) atoms. The van der Waals surface area contributed by atoms with Gasteiger partial charge in [-0.05, 0) is 41.0 Å². The summed E-state index contributed by atoms with van der Waals surface area (Å²) in [7, 11) is 0. The number of para-hydroxylation sites is 1. The van der Waals surface area contributed by atoms with Crippen LogP contribution in [0.25, 0.3) is 0 Å². The Morgan fingerprint density at radius 1 is 1.40 bits per heavy atom. The molecule has 1 atom stereocenters. The van der Waals surface area contributed by atoms with Crippen LogP contribution in [0.4, 0.5) is 0 Å². The molecule has 2 nitrogen and oxygen atoms in total. The first-order valence-corrected chi connectivity index (χ1v) is 5.73. The minimum atomic E-state index is 0. The molecule has 1 aliphatic rings. The maximum atomic E-state index is 5.73. The molecule has 0 aromatic heterocycles. The predicted octanol–water partition coefficient (Wildman–Crippen LogP) is 2.86. The molecule has 0 radical (unpaired) electrons. The smallest absolute Gasteiger partial charge is 0.133 e. The number of nitrogens with one attached hydrogen (secondary N) is 1. The van der Waals surface area contributed by atoms with Gasteiger partial charge in [-0.2, -0.15) is 0 Å². The molecule has 4 heteroatoms. The summed E-state index contributed by atoms with van der Waals surface area (Å²) in [6.45, 7) is 3.03. The second-order valence-corrected chi connectivity index (χ2v) is 4.45. The molecular weight excluding hydrogens is 277 g/mol. The largest absolute Gasteiger partial charge is 0.492 e. The maximum Gasteiger partial charge on any atom is 0.133 e. The fourth-order valence-electron chi connectivity index (χ4n) is 1.63. The Morgan fingerprint density at radius 3 is 2.87 bits per heavy atom. The van der Waals surface area contributed by atoms with Gasteiger partial charge in [0.05, 0.1) is 11.1 Å². The van der Waals surface area contributed by atoms with Gasteiger partial charge in [0.25, 0.3) is 0 Å². The molecule has 0 aliphatic carbocycles. The molecule has 0 bridgehead atoms. The standard InChI is InChI=1S/C11H14BrNO.ClH/c12-10-3-1-2-4-11(10)14-8-9-5-6-13-7-9;/h1-4,9,13H,5-8H2;1H. The van der Waals surface area contributed by atoms with Crippen molar-refractivity contribution in [2.75, 3.05) is 19.7 Å². The van der Waals surface area contributed by atoms with E-state index in [1.165, 1.54) is 6.42 Å². The molecule has 1 aromatic rings. The summed E-state index contributed by atoms with van der Waals surface area (Å²) in [6.07, 6.45) is 1.23. The average Bonchev–Trinajstić information content (AvgIpc) is 2.69. The van der Waals surface area contributed by atoms with Crippen LogP contribution in [0, 0.1) is 5.92 Å². The number of hydrogen-bond donors (Lipinski definition) is 1. The van der Waals surface area contributed by atoms with Gasteiger partial charge in [0.2, 0.25) is 0 Å². The number of halogens is 2. The van der Waals surface area contributed by atoms with Crippen molar-refractivity contribution in [2.45, 2.75) is 6.42 Å². The van der Waals surface area contributed by atoms with E-state index in [0.29, 0.717) is 5.92 Å². The Bertz CT molecular complexity index is 302. The van der Waals surface area contributed by atoms with Crippen molar-refractivity contribution in [2.24, 2.45) is 5.92 Å². The topological polar surface area (TPSA) is 21.3 Å². The lowest BCUT2D eigenvalue weighted by atomic mass is 10.1. The molecule has 2 rings (SSSR count). The Balaban J connectivity index is 0.00000112. The molecule has 1 saturated heterocycles. The summed E-state index contributed by atoms with van der Waals surface area (Å²) in [6, 6.07) is 7.98. The van der Waals surface area contributed by atoms with E-state index in [0.717, 1.165) is 29.9 Å². The maximum absolute atomic E-state index is 5.73. The molecule has 1 aliphatic heterocycles. The summed E-state index contributed by atoms with van der Waals surface area (Å²) in [5.41, 5.74) is 0. The van der Waals surface area contributed by atoms with Crippen molar-refractivity contribution in [1.82, 2.24) is 5.32 Å². The summed E-state index contributed by atoms with van der Waals surface area (Å²) < 4.78 is 6.77. The van der Waals surface area contributed by atoms with Crippen LogP contribution in [-0.2, 0) is 0 Å². The highest BCUT2D eigenvalue weighted by atomic mass is 79.9. The van der Waals surface area contributed by atoms with Gasteiger partial charge < -0.3 is 10.1 Å². The molecule has 0 amide bonds. The summed E-state index contributed by atoms with van der Waals surface area (Å²) >= 11 is 3.47. The van der Waals surface area contributed by atoms with Crippen molar-refractivity contribution in [3.63, 3.8) is 0 Å². The Hall–Kier alpha value is -0.250. The SMILES string of the molecule is Brc1ccccc1OCC1CCNC1.Cl. The van der Waals surface area contributed by atoms with Crippen molar-refractivity contribution < 1.29 is 4.74 Å². The van der Waals surface area contributed by atoms with E-state index in [1.54, 1.807) is 0 Å². The van der Waals surface area contributed by atoms with Crippen LogP contribution in [-0.4, -0.2) is 19.7 Å². The molecular formula is C11H15BrClNO. The highest BCUT2D eigenvalue weighted by molar-refractivity contribution is 9.10. The lowest BCUT2D eigenvalue weighted by Crippen LogP contribution is -2.15. The average molecular weight is 293 g/mol. The van der Waals surface area contributed by atoms with Crippen LogP contribution in [0.1, 0.15) is 6.42 Å². The zero-order chi connectivity index (χ0) is 9.80. The van der Waals surface area contributed by atoms with Crippen molar-refractivity contribution in [3.8, 4) is 5.75 Å². The molecule has 1 fully saturated rings. The van der Waals surface area contributed by atoms with Gasteiger partial charge in [-0.1, -0.05) is 12.1 Å². The van der Waals surface area contributed by atoms with Gasteiger partial charge in [-0.15, -0.1) is 12.4 Å². The van der Waals surface area contributed by atoms with Crippen LogP contribution < -0.4 is 10.1 Å². The zero-order valence-corrected chi connectivity index (χ0v) is 10.8. The molecule has 1 N–H and O–H groups in total. The van der Waals surface area contributed by atoms with Gasteiger partial charge in [0, 0.05) is 12.5 Å². The van der Waals surface area contributed by atoms with Gasteiger partial charge >= 0.3 is 0 Å². The highest BCUT2D eigenvalue weighted by Gasteiger charge is 2.15. The second-order valence-electron chi connectivity index (χ2n) is 3.60. The highest BCUT2D eigenvalue weighted by Crippen LogP contribution is 2.24. The molecule has 0 saturated carbocycles. The summed E-state index contributed by atoms with van der Waals surface area (Å²) in [4.78, 5) is 0. The van der Waals surface area contributed by atoms with E-state index >= 15 is 0 Å². The normalized spacial score (nSPS) is 19.7. The number of ether oxygens (including phenoxy) is 1. The van der Waals surface area contributed by atoms with Crippen molar-refractivity contribution in [1.29, 1.82) is 0 Å². The Morgan fingerprint density at radius 2 is 2.20 bits per heavy atom. The number of hydrogen-bond acceptors (Lipinski definition) is 2. The lowest BCUT2D eigenvalue weighted by molar-refractivity contribution is 0.258. The van der Waals surface area contributed by atoms with Crippen LogP contribution in [0.2, 0.25) is 0 Å². The van der Waals surface area contributed by atoms with E-state index in [2.05, 4.69) is 21.2 Å². The Labute approximate surface area is 105 Å². The fourth-order valence-corrected chi connectivity index (χ4v) is 2.03. The number of rotatable bonds is 3. The van der Waals surface area contributed by atoms with Crippen molar-refractivity contribution in [3.05, 3.63) is 28.7 Å². The minimum absolute atomic E-state index is 0. The third-order valence-corrected chi connectivity index (χ3v) is 3.13. The third-order valence-electron chi connectivity index (χ3n) is 2.47. The number of benzene rings is 1. The van der Waals surface area contributed by atoms with E-state index in [4.69, 9.17) is 4.74 Å². The van der Waals surface area contributed by atoms with Crippen LogP contribution in [0.3, 0.4) is 0 Å². The molecule has 1 aromatic carbocycles. The van der Waals surface area contributed by atoms with Crippen LogP contribution >= 0.6 is 28.3 Å². The van der Waals surface area contributed by atoms with Crippen LogP contribution in [0.5, 0.6) is 5.75 Å². The molecule has 0 spiro atoms. The lowest BCUT2D eigenvalue weighted by Gasteiger charge is -2.11. The van der Waals surface area contributed by atoms with Crippen molar-refractivity contribution >= 4 is 28.3 Å². The summed E-state index contributed by atoms with van der Waals surface area (Å²) in [5.74, 6) is 1.61. The quantitative estimate of drug-likeness (QED) is 0.925. The Kier molecular flexibility index (Phi) is 5.43. The van der Waals surface area contributed by atoms with Gasteiger partial charge in [0.15, 0.2) is 0 Å². The second kappa shape index (κ2) is 6.36. The third kappa shape index (κ3) is 3.67. The summed E-state index contributed by atoms with van der Waals surface area (Å²) in [5, 5.41) is 3.33. The minimum Gasteiger partial charge on any atom is -0.492 e. The van der Waals surface area contributed by atoms with Gasteiger partial charge in [0.1, 0.15) is 5.75 Å². The first-order chi connectivity index (χ1) is 6.86. The van der Waals surface area contributed by atoms with E-state index < -0.39 is 0 Å².